The highest BCUT2D eigenvalue weighted by atomic mass is 16.5. The highest BCUT2D eigenvalue weighted by Crippen LogP contribution is 2.49. The third-order valence-electron chi connectivity index (χ3n) is 6.97. The third kappa shape index (κ3) is 3.81. The first kappa shape index (κ1) is 23.3. The molecule has 4 aromatic rings. The predicted octanol–water partition coefficient (Wildman–Crippen LogP) is 5.57. The molecule has 0 saturated carbocycles. The fraction of sp³-hybridized carbons (Fsp3) is 0.241. The SMILES string of the molecule is CCN(C)C1=C(C(C)(C)c2cc3ccccc3o2)C(c2ccc(-n3ccnc3)cc2)C(C#N)=C(N)O1. The molecule has 0 bridgehead atoms. The van der Waals surface area contributed by atoms with Crippen molar-refractivity contribution in [1.82, 2.24) is 14.5 Å². The van der Waals surface area contributed by atoms with Crippen LogP contribution in [0.25, 0.3) is 16.7 Å². The number of furan rings is 1. The number of hydrogen-bond donors (Lipinski definition) is 1. The van der Waals surface area contributed by atoms with Gasteiger partial charge < -0.3 is 24.4 Å². The maximum absolute atomic E-state index is 10.2. The van der Waals surface area contributed by atoms with Gasteiger partial charge in [0.25, 0.3) is 0 Å². The minimum atomic E-state index is -0.617. The van der Waals surface area contributed by atoms with Crippen LogP contribution in [0.2, 0.25) is 0 Å². The van der Waals surface area contributed by atoms with Gasteiger partial charge in [0.1, 0.15) is 23.0 Å². The lowest BCUT2D eigenvalue weighted by Crippen LogP contribution is -2.36. The Bertz CT molecular complexity index is 1470. The molecule has 1 aliphatic heterocycles. The molecule has 1 unspecified atom stereocenters. The smallest absolute Gasteiger partial charge is 0.207 e. The Morgan fingerprint density at radius 1 is 1.17 bits per heavy atom. The van der Waals surface area contributed by atoms with Crippen molar-refractivity contribution in [1.29, 1.82) is 5.26 Å². The molecule has 0 spiro atoms. The number of nitrogens with two attached hydrogens (primary N) is 1. The molecule has 1 atom stereocenters. The number of nitrogens with zero attached hydrogens (tertiary/aromatic N) is 4. The van der Waals surface area contributed by atoms with Crippen LogP contribution in [-0.2, 0) is 10.2 Å². The van der Waals surface area contributed by atoms with Crippen molar-refractivity contribution in [2.75, 3.05) is 13.6 Å². The Kier molecular flexibility index (Phi) is 5.81. The molecular weight excluding hydrogens is 450 g/mol. The van der Waals surface area contributed by atoms with Gasteiger partial charge >= 0.3 is 0 Å². The topological polar surface area (TPSA) is 93.2 Å². The van der Waals surface area contributed by atoms with Crippen LogP contribution >= 0.6 is 0 Å². The lowest BCUT2D eigenvalue weighted by Gasteiger charge is -2.39. The summed E-state index contributed by atoms with van der Waals surface area (Å²) >= 11 is 0. The molecule has 0 fully saturated rings. The first-order chi connectivity index (χ1) is 17.3. The van der Waals surface area contributed by atoms with Gasteiger partial charge in [-0.25, -0.2) is 4.98 Å². The summed E-state index contributed by atoms with van der Waals surface area (Å²) in [6.07, 6.45) is 5.39. The van der Waals surface area contributed by atoms with E-state index in [1.165, 1.54) is 0 Å². The molecule has 2 N–H and O–H groups in total. The zero-order chi connectivity index (χ0) is 25.4. The second kappa shape index (κ2) is 8.97. The molecule has 1 aliphatic rings. The number of rotatable bonds is 6. The molecule has 0 aliphatic carbocycles. The third-order valence-corrected chi connectivity index (χ3v) is 6.97. The summed E-state index contributed by atoms with van der Waals surface area (Å²) in [5, 5.41) is 11.2. The largest absolute Gasteiger partial charge is 0.460 e. The number of benzene rings is 2. The van der Waals surface area contributed by atoms with E-state index >= 15 is 0 Å². The molecule has 7 nitrogen and oxygen atoms in total. The normalized spacial score (nSPS) is 16.2. The van der Waals surface area contributed by atoms with E-state index in [2.05, 4.69) is 37.9 Å². The molecule has 36 heavy (non-hydrogen) atoms. The Hall–Kier alpha value is -4.44. The fourth-order valence-corrected chi connectivity index (χ4v) is 4.81. The van der Waals surface area contributed by atoms with E-state index in [9.17, 15) is 5.26 Å². The maximum atomic E-state index is 10.2. The first-order valence-electron chi connectivity index (χ1n) is 12.0. The summed E-state index contributed by atoms with van der Waals surface area (Å²) in [6.45, 7) is 6.97. The van der Waals surface area contributed by atoms with Crippen molar-refractivity contribution in [2.24, 2.45) is 5.73 Å². The van der Waals surface area contributed by atoms with Crippen molar-refractivity contribution in [2.45, 2.75) is 32.1 Å². The molecule has 2 aromatic heterocycles. The average Bonchev–Trinajstić information content (AvgIpc) is 3.58. The monoisotopic (exact) mass is 479 g/mol. The zero-order valence-corrected chi connectivity index (χ0v) is 20.9. The number of imidazole rings is 1. The van der Waals surface area contributed by atoms with Gasteiger partial charge in [0.2, 0.25) is 5.88 Å². The summed E-state index contributed by atoms with van der Waals surface area (Å²) in [7, 11) is 1.97. The fourth-order valence-electron chi connectivity index (χ4n) is 4.81. The van der Waals surface area contributed by atoms with Gasteiger partial charge in [0.05, 0.1) is 17.7 Å². The van der Waals surface area contributed by atoms with E-state index in [0.717, 1.165) is 33.6 Å². The van der Waals surface area contributed by atoms with Crippen LogP contribution in [0.15, 0.2) is 101 Å². The summed E-state index contributed by atoms with van der Waals surface area (Å²) in [5.74, 6) is 1.15. The zero-order valence-electron chi connectivity index (χ0n) is 20.9. The maximum Gasteiger partial charge on any atom is 0.207 e. The lowest BCUT2D eigenvalue weighted by atomic mass is 9.70. The van der Waals surface area contributed by atoms with Gasteiger partial charge in [0.15, 0.2) is 5.88 Å². The number of ether oxygens (including phenoxy) is 1. The van der Waals surface area contributed by atoms with Crippen LogP contribution in [0.4, 0.5) is 0 Å². The molecule has 0 amide bonds. The molecule has 182 valence electrons. The highest BCUT2D eigenvalue weighted by Gasteiger charge is 2.44. The number of fused-ring (bicyclic) bond motifs is 1. The highest BCUT2D eigenvalue weighted by molar-refractivity contribution is 5.78. The van der Waals surface area contributed by atoms with Crippen LogP contribution in [0.1, 0.15) is 38.0 Å². The molecule has 2 aromatic carbocycles. The summed E-state index contributed by atoms with van der Waals surface area (Å²) < 4.78 is 14.4. The van der Waals surface area contributed by atoms with Gasteiger partial charge in [-0.05, 0) is 50.6 Å². The van der Waals surface area contributed by atoms with Gasteiger partial charge in [-0.3, -0.25) is 0 Å². The van der Waals surface area contributed by atoms with Crippen LogP contribution in [0.5, 0.6) is 0 Å². The minimum absolute atomic E-state index is 0.126. The number of hydrogen-bond acceptors (Lipinski definition) is 6. The second-order valence-corrected chi connectivity index (χ2v) is 9.49. The van der Waals surface area contributed by atoms with Crippen molar-refractivity contribution in [3.8, 4) is 11.8 Å². The molecular formula is C29H29N5O2. The molecule has 5 rings (SSSR count). The Balaban J connectivity index is 1.71. The molecule has 0 saturated heterocycles. The standard InChI is InChI=1S/C29H29N5O2/c1-5-33(4)28-26(29(2,3)24-16-20-8-6-7-9-23(20)35-24)25(22(17-30)27(31)36-28)19-10-12-21(13-11-19)34-15-14-32-18-34/h6-16,18,25H,5,31H2,1-4H3. The van der Waals surface area contributed by atoms with E-state index in [-0.39, 0.29) is 5.88 Å². The van der Waals surface area contributed by atoms with Crippen molar-refractivity contribution < 1.29 is 9.15 Å². The van der Waals surface area contributed by atoms with Crippen molar-refractivity contribution in [3.05, 3.63) is 108 Å². The van der Waals surface area contributed by atoms with Crippen LogP contribution in [0.3, 0.4) is 0 Å². The van der Waals surface area contributed by atoms with Gasteiger partial charge in [0, 0.05) is 42.6 Å². The van der Waals surface area contributed by atoms with Gasteiger partial charge in [-0.2, -0.15) is 5.26 Å². The molecule has 0 radical (unpaired) electrons. The number of allylic oxidation sites excluding steroid dienone is 2. The van der Waals surface area contributed by atoms with Crippen molar-refractivity contribution >= 4 is 11.0 Å². The van der Waals surface area contributed by atoms with Crippen molar-refractivity contribution in [3.63, 3.8) is 0 Å². The van der Waals surface area contributed by atoms with Gasteiger partial charge in [-0.15, -0.1) is 0 Å². The minimum Gasteiger partial charge on any atom is -0.460 e. The van der Waals surface area contributed by atoms with Gasteiger partial charge in [-0.1, -0.05) is 30.3 Å². The second-order valence-electron chi connectivity index (χ2n) is 9.49. The van der Waals surface area contributed by atoms with E-state index in [4.69, 9.17) is 14.9 Å². The van der Waals surface area contributed by atoms with E-state index in [1.807, 2.05) is 71.2 Å². The Morgan fingerprint density at radius 3 is 2.56 bits per heavy atom. The lowest BCUT2D eigenvalue weighted by molar-refractivity contribution is 0.161. The summed E-state index contributed by atoms with van der Waals surface area (Å²) in [5.41, 5.74) is 9.79. The van der Waals surface area contributed by atoms with E-state index in [1.54, 1.807) is 12.5 Å². The number of aromatic nitrogens is 2. The van der Waals surface area contributed by atoms with Crippen LogP contribution in [-0.4, -0.2) is 28.0 Å². The van der Waals surface area contributed by atoms with E-state index < -0.39 is 11.3 Å². The van der Waals surface area contributed by atoms with Crippen LogP contribution in [0, 0.1) is 11.3 Å². The average molecular weight is 480 g/mol. The van der Waals surface area contributed by atoms with Crippen LogP contribution < -0.4 is 5.73 Å². The summed E-state index contributed by atoms with van der Waals surface area (Å²) in [4.78, 5) is 6.16. The molecule has 7 heteroatoms. The number of nitriles is 1. The molecule has 3 heterocycles. The quantitative estimate of drug-likeness (QED) is 0.389. The summed E-state index contributed by atoms with van der Waals surface area (Å²) in [6, 6.07) is 20.5. The number of para-hydroxylation sites is 1. The predicted molar refractivity (Wildman–Crippen MR) is 139 cm³/mol. The Morgan fingerprint density at radius 2 is 1.92 bits per heavy atom. The Labute approximate surface area is 210 Å². The first-order valence-corrected chi connectivity index (χ1v) is 12.0. The van der Waals surface area contributed by atoms with E-state index in [0.29, 0.717) is 18.0 Å².